The van der Waals surface area contributed by atoms with Crippen molar-refractivity contribution < 1.29 is 9.53 Å². The number of esters is 1. The van der Waals surface area contributed by atoms with Crippen LogP contribution in [0.1, 0.15) is 15.9 Å². The van der Waals surface area contributed by atoms with E-state index in [1.54, 1.807) is 6.07 Å². The molecule has 4 nitrogen and oxygen atoms in total. The fourth-order valence-corrected chi connectivity index (χ4v) is 2.13. The number of carbonyl (C=O) groups excluding carboxylic acids is 1. The van der Waals surface area contributed by atoms with Gasteiger partial charge in [0.15, 0.2) is 5.65 Å². The quantitative estimate of drug-likeness (QED) is 0.493. The molecule has 3 rings (SSSR count). The summed E-state index contributed by atoms with van der Waals surface area (Å²) in [6, 6.07) is 9.75. The number of aryl methyl sites for hydroxylation is 1. The molecule has 0 saturated carbocycles. The minimum absolute atomic E-state index is 0.390. The molecule has 19 heavy (non-hydrogen) atoms. The van der Waals surface area contributed by atoms with Gasteiger partial charge < -0.3 is 4.74 Å². The van der Waals surface area contributed by atoms with E-state index in [4.69, 9.17) is 4.74 Å². The van der Waals surface area contributed by atoms with Crippen molar-refractivity contribution in [2.24, 2.45) is 0 Å². The second-order valence-corrected chi connectivity index (χ2v) is 4.40. The maximum atomic E-state index is 11.5. The molecule has 1 aromatic carbocycles. The van der Waals surface area contributed by atoms with E-state index in [0.29, 0.717) is 11.2 Å². The van der Waals surface area contributed by atoms with Gasteiger partial charge in [0, 0.05) is 17.0 Å². The Morgan fingerprint density at radius 3 is 2.84 bits per heavy atom. The number of methoxy groups -OCH3 is 1. The number of nitrogens with zero attached hydrogens (tertiary/aromatic N) is 2. The fraction of sp³-hybridized carbons (Fsp3) is 0.133. The summed E-state index contributed by atoms with van der Waals surface area (Å²) in [7, 11) is 1.36. The van der Waals surface area contributed by atoms with Crippen LogP contribution in [0.4, 0.5) is 0 Å². The lowest BCUT2D eigenvalue weighted by molar-refractivity contribution is 0.0600. The van der Waals surface area contributed by atoms with Crippen LogP contribution in [0.15, 0.2) is 36.5 Å². The predicted octanol–water partition coefficient (Wildman–Crippen LogP) is 2.88. The topological polar surface area (TPSA) is 52.1 Å². The third kappa shape index (κ3) is 1.91. The van der Waals surface area contributed by atoms with Crippen LogP contribution in [0.2, 0.25) is 0 Å². The number of ether oxygens (including phenoxy) is 1. The lowest BCUT2D eigenvalue weighted by Gasteiger charge is -2.05. The van der Waals surface area contributed by atoms with E-state index in [-0.39, 0.29) is 0 Å². The molecule has 0 atom stereocenters. The largest absolute Gasteiger partial charge is 0.465 e. The van der Waals surface area contributed by atoms with E-state index in [9.17, 15) is 4.79 Å². The zero-order chi connectivity index (χ0) is 13.4. The zero-order valence-corrected chi connectivity index (χ0v) is 10.7. The summed E-state index contributed by atoms with van der Waals surface area (Å²) in [6.45, 7) is 2.02. The summed E-state index contributed by atoms with van der Waals surface area (Å²) in [5.41, 5.74) is 3.12. The van der Waals surface area contributed by atoms with E-state index in [2.05, 4.69) is 9.97 Å². The molecule has 0 aliphatic heterocycles. The van der Waals surface area contributed by atoms with Gasteiger partial charge in [0.05, 0.1) is 18.2 Å². The third-order valence-electron chi connectivity index (χ3n) is 3.11. The molecule has 3 aromatic rings. The average Bonchev–Trinajstić information content (AvgIpc) is 2.44. The third-order valence-corrected chi connectivity index (χ3v) is 3.11. The first-order chi connectivity index (χ1) is 9.19. The molecule has 0 spiro atoms. The van der Waals surface area contributed by atoms with Crippen molar-refractivity contribution in [2.75, 3.05) is 7.11 Å². The molecule has 2 heterocycles. The van der Waals surface area contributed by atoms with Crippen LogP contribution in [0.25, 0.3) is 21.9 Å². The van der Waals surface area contributed by atoms with Gasteiger partial charge >= 0.3 is 5.97 Å². The number of carbonyl (C=O) groups is 1. The van der Waals surface area contributed by atoms with E-state index < -0.39 is 5.97 Å². The molecular weight excluding hydrogens is 240 g/mol. The van der Waals surface area contributed by atoms with Gasteiger partial charge in [-0.1, -0.05) is 18.2 Å². The number of pyridine rings is 2. The summed E-state index contributed by atoms with van der Waals surface area (Å²) in [5, 5.41) is 1.87. The minimum atomic E-state index is -0.390. The molecule has 0 aliphatic carbocycles. The first-order valence-electron chi connectivity index (χ1n) is 5.93. The Hall–Kier alpha value is -2.49. The van der Waals surface area contributed by atoms with E-state index in [1.807, 2.05) is 31.2 Å². The molecule has 0 bridgehead atoms. The second kappa shape index (κ2) is 4.31. The van der Waals surface area contributed by atoms with Gasteiger partial charge in [-0.2, -0.15) is 0 Å². The SMILES string of the molecule is COC(=O)c1cnc2nc3c(C)cccc3cc2c1. The molecule has 0 N–H and O–H groups in total. The van der Waals surface area contributed by atoms with Crippen LogP contribution in [0, 0.1) is 6.92 Å². The highest BCUT2D eigenvalue weighted by molar-refractivity contribution is 5.97. The van der Waals surface area contributed by atoms with Crippen LogP contribution >= 0.6 is 0 Å². The standard InChI is InChI=1S/C15H12N2O2/c1-9-4-3-5-10-6-11-7-12(15(18)19-2)8-16-14(11)17-13(9)10/h3-8H,1-2H3. The monoisotopic (exact) mass is 252 g/mol. The van der Waals surface area contributed by atoms with E-state index >= 15 is 0 Å². The summed E-state index contributed by atoms with van der Waals surface area (Å²) < 4.78 is 4.69. The number of benzene rings is 1. The van der Waals surface area contributed by atoms with E-state index in [0.717, 1.165) is 21.9 Å². The molecular formula is C15H12N2O2. The number of para-hydroxylation sites is 1. The van der Waals surface area contributed by atoms with Gasteiger partial charge in [-0.05, 0) is 24.6 Å². The van der Waals surface area contributed by atoms with Crippen molar-refractivity contribution >= 4 is 27.9 Å². The van der Waals surface area contributed by atoms with Crippen molar-refractivity contribution in [3.63, 3.8) is 0 Å². The lowest BCUT2D eigenvalue weighted by Crippen LogP contribution is -2.02. The van der Waals surface area contributed by atoms with Crippen molar-refractivity contribution in [1.29, 1.82) is 0 Å². The minimum Gasteiger partial charge on any atom is -0.465 e. The van der Waals surface area contributed by atoms with Gasteiger partial charge in [0.2, 0.25) is 0 Å². The molecule has 94 valence electrons. The fourth-order valence-electron chi connectivity index (χ4n) is 2.13. The highest BCUT2D eigenvalue weighted by Gasteiger charge is 2.09. The summed E-state index contributed by atoms with van der Waals surface area (Å²) in [6.07, 6.45) is 1.49. The summed E-state index contributed by atoms with van der Waals surface area (Å²) in [5.74, 6) is -0.390. The lowest BCUT2D eigenvalue weighted by atomic mass is 10.1. The average molecular weight is 252 g/mol. The smallest absolute Gasteiger partial charge is 0.339 e. The maximum Gasteiger partial charge on any atom is 0.339 e. The first-order valence-corrected chi connectivity index (χ1v) is 5.93. The number of hydrogen-bond donors (Lipinski definition) is 0. The Labute approximate surface area is 110 Å². The number of aromatic nitrogens is 2. The van der Waals surface area contributed by atoms with Crippen molar-refractivity contribution in [3.05, 3.63) is 47.7 Å². The van der Waals surface area contributed by atoms with Gasteiger partial charge in [-0.25, -0.2) is 14.8 Å². The molecule has 0 fully saturated rings. The Bertz CT molecular complexity index is 797. The molecule has 0 aliphatic rings. The van der Waals surface area contributed by atoms with E-state index in [1.165, 1.54) is 13.3 Å². The van der Waals surface area contributed by atoms with Crippen LogP contribution in [-0.4, -0.2) is 23.0 Å². The highest BCUT2D eigenvalue weighted by atomic mass is 16.5. The van der Waals surface area contributed by atoms with Crippen LogP contribution < -0.4 is 0 Å². The number of rotatable bonds is 1. The van der Waals surface area contributed by atoms with Crippen molar-refractivity contribution in [3.8, 4) is 0 Å². The summed E-state index contributed by atoms with van der Waals surface area (Å²) >= 11 is 0. The van der Waals surface area contributed by atoms with Crippen LogP contribution in [0.3, 0.4) is 0 Å². The van der Waals surface area contributed by atoms with Gasteiger partial charge in [-0.3, -0.25) is 0 Å². The molecule has 4 heteroatoms. The van der Waals surface area contributed by atoms with Crippen molar-refractivity contribution in [1.82, 2.24) is 9.97 Å². The van der Waals surface area contributed by atoms with Crippen molar-refractivity contribution in [2.45, 2.75) is 6.92 Å². The van der Waals surface area contributed by atoms with Crippen LogP contribution in [-0.2, 0) is 4.74 Å². The maximum absolute atomic E-state index is 11.5. The predicted molar refractivity (Wildman–Crippen MR) is 73.1 cm³/mol. The normalized spacial score (nSPS) is 10.8. The Morgan fingerprint density at radius 2 is 2.05 bits per heavy atom. The van der Waals surface area contributed by atoms with Gasteiger partial charge in [0.25, 0.3) is 0 Å². The molecule has 0 unspecified atom stereocenters. The number of hydrogen-bond acceptors (Lipinski definition) is 4. The zero-order valence-electron chi connectivity index (χ0n) is 10.7. The molecule has 0 amide bonds. The highest BCUT2D eigenvalue weighted by Crippen LogP contribution is 2.21. The second-order valence-electron chi connectivity index (χ2n) is 4.40. The van der Waals surface area contributed by atoms with Gasteiger partial charge in [0.1, 0.15) is 0 Å². The molecule has 0 radical (unpaired) electrons. The molecule has 2 aromatic heterocycles. The van der Waals surface area contributed by atoms with Gasteiger partial charge in [-0.15, -0.1) is 0 Å². The Kier molecular flexibility index (Phi) is 2.63. The Morgan fingerprint density at radius 1 is 1.21 bits per heavy atom. The summed E-state index contributed by atoms with van der Waals surface area (Å²) in [4.78, 5) is 20.3. The first kappa shape index (κ1) is 11.6. The van der Waals surface area contributed by atoms with Crippen LogP contribution in [0.5, 0.6) is 0 Å². The number of fused-ring (bicyclic) bond motifs is 2. The molecule has 0 saturated heterocycles. The Balaban J connectivity index is 2.29.